The molecule has 0 spiro atoms. The molecule has 0 unspecified atom stereocenters. The number of nitrogens with two attached hydrogens (primary N) is 1. The minimum absolute atomic E-state index is 0.227. The van der Waals surface area contributed by atoms with E-state index in [-0.39, 0.29) is 11.6 Å². The zero-order chi connectivity index (χ0) is 12.9. The summed E-state index contributed by atoms with van der Waals surface area (Å²) in [4.78, 5) is 10.8. The van der Waals surface area contributed by atoms with Crippen molar-refractivity contribution in [3.05, 3.63) is 0 Å². The largest absolute Gasteiger partial charge is 0.460 e. The first-order valence-electron chi connectivity index (χ1n) is 5.79. The number of esters is 1. The van der Waals surface area contributed by atoms with Crippen LogP contribution in [0.15, 0.2) is 0 Å². The van der Waals surface area contributed by atoms with Gasteiger partial charge in [-0.3, -0.25) is 4.79 Å². The van der Waals surface area contributed by atoms with Crippen LogP contribution < -0.4 is 5.73 Å². The molecule has 0 aromatic rings. The van der Waals surface area contributed by atoms with E-state index in [0.29, 0.717) is 13.0 Å². The smallest absolute Gasteiger partial charge is 0.307 e. The van der Waals surface area contributed by atoms with E-state index in [1.54, 1.807) is 0 Å². The fourth-order valence-electron chi connectivity index (χ4n) is 0.510. The SMILES string of the molecule is CC.CC(C)(C)OC(=O)CCN.CCC. The molecule has 3 heteroatoms. The van der Waals surface area contributed by atoms with Crippen molar-refractivity contribution in [2.75, 3.05) is 6.54 Å². The minimum atomic E-state index is -0.383. The predicted octanol–water partition coefficient (Wildman–Crippen LogP) is 3.12. The van der Waals surface area contributed by atoms with Gasteiger partial charge < -0.3 is 10.5 Å². The highest BCUT2D eigenvalue weighted by atomic mass is 16.6. The van der Waals surface area contributed by atoms with Crippen LogP contribution in [0.1, 0.15) is 61.3 Å². The summed E-state index contributed by atoms with van der Waals surface area (Å²) in [6.45, 7) is 14.1. The maximum Gasteiger partial charge on any atom is 0.307 e. The molecule has 0 heterocycles. The molecule has 0 atom stereocenters. The Labute approximate surface area is 95.4 Å². The van der Waals surface area contributed by atoms with Crippen LogP contribution in [-0.2, 0) is 9.53 Å². The summed E-state index contributed by atoms with van der Waals surface area (Å²) in [5.74, 6) is -0.227. The second kappa shape index (κ2) is 13.4. The molecule has 0 aliphatic carbocycles. The molecule has 0 bridgehead atoms. The summed E-state index contributed by atoms with van der Waals surface area (Å²) in [6.07, 6.45) is 1.55. The van der Waals surface area contributed by atoms with Crippen molar-refractivity contribution in [3.63, 3.8) is 0 Å². The normalized spacial score (nSPS) is 9.07. The Balaban J connectivity index is -0.000000245. The van der Waals surface area contributed by atoms with Crippen LogP contribution in [0.2, 0.25) is 0 Å². The van der Waals surface area contributed by atoms with Crippen LogP contribution in [0.3, 0.4) is 0 Å². The molecule has 0 rings (SSSR count). The molecule has 0 aromatic heterocycles. The van der Waals surface area contributed by atoms with Crippen molar-refractivity contribution >= 4 is 5.97 Å². The van der Waals surface area contributed by atoms with Crippen molar-refractivity contribution in [1.29, 1.82) is 0 Å². The van der Waals surface area contributed by atoms with Crippen LogP contribution in [0.25, 0.3) is 0 Å². The van der Waals surface area contributed by atoms with E-state index in [9.17, 15) is 4.79 Å². The predicted molar refractivity (Wildman–Crippen MR) is 66.8 cm³/mol. The van der Waals surface area contributed by atoms with Crippen LogP contribution in [-0.4, -0.2) is 18.1 Å². The lowest BCUT2D eigenvalue weighted by Gasteiger charge is -2.18. The van der Waals surface area contributed by atoms with Gasteiger partial charge in [0, 0.05) is 6.54 Å². The maximum atomic E-state index is 10.8. The summed E-state index contributed by atoms with van der Waals surface area (Å²) >= 11 is 0. The third-order valence-electron chi connectivity index (χ3n) is 0.768. The van der Waals surface area contributed by atoms with Crippen LogP contribution in [0.5, 0.6) is 0 Å². The van der Waals surface area contributed by atoms with Crippen LogP contribution in [0.4, 0.5) is 0 Å². The molecule has 94 valence electrons. The lowest BCUT2D eigenvalue weighted by Crippen LogP contribution is -2.25. The quantitative estimate of drug-likeness (QED) is 0.726. The van der Waals surface area contributed by atoms with Gasteiger partial charge in [-0.1, -0.05) is 34.1 Å². The third kappa shape index (κ3) is 31.8. The van der Waals surface area contributed by atoms with Gasteiger partial charge in [0.25, 0.3) is 0 Å². The first-order valence-corrected chi connectivity index (χ1v) is 5.79. The minimum Gasteiger partial charge on any atom is -0.460 e. The number of carbonyl (C=O) groups excluding carboxylic acids is 1. The molecule has 2 N–H and O–H groups in total. The molecule has 0 radical (unpaired) electrons. The second-order valence-electron chi connectivity index (χ2n) is 3.83. The molecule has 0 aromatic carbocycles. The van der Waals surface area contributed by atoms with E-state index < -0.39 is 0 Å². The van der Waals surface area contributed by atoms with E-state index >= 15 is 0 Å². The fourth-order valence-corrected chi connectivity index (χ4v) is 0.510. The number of ether oxygens (including phenoxy) is 1. The molecular formula is C12H29NO2. The molecule has 0 saturated heterocycles. The topological polar surface area (TPSA) is 52.3 Å². The number of rotatable bonds is 2. The van der Waals surface area contributed by atoms with E-state index in [4.69, 9.17) is 10.5 Å². The van der Waals surface area contributed by atoms with Gasteiger partial charge in [0.2, 0.25) is 0 Å². The monoisotopic (exact) mass is 219 g/mol. The molecule has 0 amide bonds. The lowest BCUT2D eigenvalue weighted by atomic mass is 10.2. The Morgan fingerprint density at radius 3 is 1.73 bits per heavy atom. The van der Waals surface area contributed by atoms with Gasteiger partial charge in [-0.2, -0.15) is 0 Å². The molecule has 0 aliphatic heterocycles. The summed E-state index contributed by atoms with van der Waals surface area (Å²) < 4.78 is 4.96. The van der Waals surface area contributed by atoms with E-state index in [0.717, 1.165) is 0 Å². The van der Waals surface area contributed by atoms with E-state index in [1.165, 1.54) is 6.42 Å². The molecule has 3 nitrogen and oxygen atoms in total. The van der Waals surface area contributed by atoms with E-state index in [2.05, 4.69) is 13.8 Å². The van der Waals surface area contributed by atoms with Crippen molar-refractivity contribution in [2.45, 2.75) is 66.9 Å². The zero-order valence-electron chi connectivity index (χ0n) is 11.5. The van der Waals surface area contributed by atoms with Gasteiger partial charge in [0.05, 0.1) is 6.42 Å². The highest BCUT2D eigenvalue weighted by molar-refractivity contribution is 5.69. The van der Waals surface area contributed by atoms with Gasteiger partial charge in [0.15, 0.2) is 0 Å². The lowest BCUT2D eigenvalue weighted by molar-refractivity contribution is -0.154. The van der Waals surface area contributed by atoms with Crippen LogP contribution in [0, 0.1) is 0 Å². The fraction of sp³-hybridized carbons (Fsp3) is 0.917. The number of hydrogen-bond acceptors (Lipinski definition) is 3. The van der Waals surface area contributed by atoms with Crippen molar-refractivity contribution < 1.29 is 9.53 Å². The molecule has 0 saturated carbocycles. The molecule has 15 heavy (non-hydrogen) atoms. The standard InChI is InChI=1S/C7H15NO2.C3H8.C2H6/c1-7(2,3)10-6(9)4-5-8;1-3-2;1-2/h4-5,8H2,1-3H3;3H2,1-2H3;1-2H3. The van der Waals surface area contributed by atoms with E-state index in [1.807, 2.05) is 34.6 Å². The molecule has 0 aliphatic rings. The average Bonchev–Trinajstić information content (AvgIpc) is 2.06. The van der Waals surface area contributed by atoms with Gasteiger partial charge in [0.1, 0.15) is 5.60 Å². The first kappa shape index (κ1) is 19.9. The Kier molecular flexibility index (Phi) is 17.8. The number of carbonyl (C=O) groups is 1. The Bertz CT molecular complexity index is 128. The van der Waals surface area contributed by atoms with Gasteiger partial charge in [-0.15, -0.1) is 0 Å². The summed E-state index contributed by atoms with van der Waals surface area (Å²) in [6, 6.07) is 0. The third-order valence-corrected chi connectivity index (χ3v) is 0.768. The maximum absolute atomic E-state index is 10.8. The highest BCUT2D eigenvalue weighted by Crippen LogP contribution is 2.07. The van der Waals surface area contributed by atoms with Gasteiger partial charge in [-0.25, -0.2) is 0 Å². The van der Waals surface area contributed by atoms with Crippen molar-refractivity contribution in [1.82, 2.24) is 0 Å². The second-order valence-corrected chi connectivity index (χ2v) is 3.83. The summed E-state index contributed by atoms with van der Waals surface area (Å²) in [5, 5.41) is 0. The number of hydrogen-bond donors (Lipinski definition) is 1. The van der Waals surface area contributed by atoms with Crippen molar-refractivity contribution in [2.24, 2.45) is 5.73 Å². The summed E-state index contributed by atoms with van der Waals surface area (Å²) in [5.41, 5.74) is 4.76. The van der Waals surface area contributed by atoms with Gasteiger partial charge in [-0.05, 0) is 20.8 Å². The molecule has 0 fully saturated rings. The highest BCUT2D eigenvalue weighted by Gasteiger charge is 2.14. The van der Waals surface area contributed by atoms with Crippen LogP contribution >= 0.6 is 0 Å². The Hall–Kier alpha value is -0.570. The average molecular weight is 219 g/mol. The zero-order valence-corrected chi connectivity index (χ0v) is 11.5. The first-order chi connectivity index (χ1) is 6.87. The Morgan fingerprint density at radius 2 is 1.53 bits per heavy atom. The van der Waals surface area contributed by atoms with Gasteiger partial charge >= 0.3 is 5.97 Å². The molecular weight excluding hydrogens is 190 g/mol. The summed E-state index contributed by atoms with van der Waals surface area (Å²) in [7, 11) is 0. The Morgan fingerprint density at radius 1 is 1.20 bits per heavy atom. The van der Waals surface area contributed by atoms with Crippen molar-refractivity contribution in [3.8, 4) is 0 Å².